The first kappa shape index (κ1) is 15.7. The van der Waals surface area contributed by atoms with Gasteiger partial charge in [-0.25, -0.2) is 4.98 Å². The first-order valence-electron chi connectivity index (χ1n) is 7.83. The summed E-state index contributed by atoms with van der Waals surface area (Å²) in [4.78, 5) is 16.4. The summed E-state index contributed by atoms with van der Waals surface area (Å²) in [6.45, 7) is 2.83. The SMILES string of the molecule is Cc1ccccc1CNc1ccc(NC(=O)c2ccccc2)nc1. The van der Waals surface area contributed by atoms with Crippen molar-refractivity contribution in [1.29, 1.82) is 0 Å². The number of carbonyl (C=O) groups is 1. The van der Waals surface area contributed by atoms with Crippen molar-refractivity contribution in [2.45, 2.75) is 13.5 Å². The lowest BCUT2D eigenvalue weighted by atomic mass is 10.1. The Hall–Kier alpha value is -3.14. The lowest BCUT2D eigenvalue weighted by molar-refractivity contribution is 0.102. The van der Waals surface area contributed by atoms with Crippen LogP contribution in [-0.2, 0) is 6.54 Å². The van der Waals surface area contributed by atoms with Crippen LogP contribution in [-0.4, -0.2) is 10.9 Å². The summed E-state index contributed by atoms with van der Waals surface area (Å²) >= 11 is 0. The molecular formula is C20H19N3O. The summed E-state index contributed by atoms with van der Waals surface area (Å²) in [7, 11) is 0. The molecule has 0 aliphatic rings. The number of amides is 1. The van der Waals surface area contributed by atoms with Crippen molar-refractivity contribution in [3.8, 4) is 0 Å². The third-order valence-electron chi connectivity index (χ3n) is 3.79. The van der Waals surface area contributed by atoms with E-state index in [1.807, 2.05) is 36.4 Å². The van der Waals surface area contributed by atoms with Gasteiger partial charge in [0.2, 0.25) is 0 Å². The molecule has 0 atom stereocenters. The fraction of sp³-hybridized carbons (Fsp3) is 0.100. The predicted octanol–water partition coefficient (Wildman–Crippen LogP) is 4.25. The largest absolute Gasteiger partial charge is 0.380 e. The third kappa shape index (κ3) is 3.98. The van der Waals surface area contributed by atoms with E-state index in [1.165, 1.54) is 11.1 Å². The van der Waals surface area contributed by atoms with Gasteiger partial charge in [0.1, 0.15) is 5.82 Å². The number of rotatable bonds is 5. The van der Waals surface area contributed by atoms with E-state index < -0.39 is 0 Å². The Kier molecular flexibility index (Phi) is 4.87. The average Bonchev–Trinajstić information content (AvgIpc) is 2.63. The van der Waals surface area contributed by atoms with Crippen molar-refractivity contribution in [2.75, 3.05) is 10.6 Å². The van der Waals surface area contributed by atoms with Gasteiger partial charge in [-0.15, -0.1) is 0 Å². The second-order valence-electron chi connectivity index (χ2n) is 5.53. The van der Waals surface area contributed by atoms with Crippen LogP contribution in [0, 0.1) is 6.92 Å². The molecule has 4 heteroatoms. The molecule has 0 aliphatic carbocycles. The molecule has 0 saturated heterocycles. The Balaban J connectivity index is 1.59. The van der Waals surface area contributed by atoms with E-state index in [0.717, 1.165) is 12.2 Å². The first-order valence-corrected chi connectivity index (χ1v) is 7.83. The van der Waals surface area contributed by atoms with Crippen LogP contribution in [0.2, 0.25) is 0 Å². The number of aromatic nitrogens is 1. The van der Waals surface area contributed by atoms with Crippen LogP contribution >= 0.6 is 0 Å². The van der Waals surface area contributed by atoms with Gasteiger partial charge in [0.05, 0.1) is 11.9 Å². The minimum atomic E-state index is -0.163. The zero-order valence-electron chi connectivity index (χ0n) is 13.5. The molecule has 2 aromatic carbocycles. The fourth-order valence-corrected chi connectivity index (χ4v) is 2.36. The second kappa shape index (κ2) is 7.42. The molecule has 0 saturated carbocycles. The number of benzene rings is 2. The van der Waals surface area contributed by atoms with E-state index >= 15 is 0 Å². The molecule has 0 aliphatic heterocycles. The molecule has 0 spiro atoms. The van der Waals surface area contributed by atoms with Gasteiger partial charge in [0, 0.05) is 12.1 Å². The Labute approximate surface area is 141 Å². The monoisotopic (exact) mass is 317 g/mol. The van der Waals surface area contributed by atoms with Crippen molar-refractivity contribution >= 4 is 17.4 Å². The minimum absolute atomic E-state index is 0.163. The number of hydrogen-bond acceptors (Lipinski definition) is 3. The minimum Gasteiger partial charge on any atom is -0.380 e. The molecular weight excluding hydrogens is 298 g/mol. The zero-order valence-corrected chi connectivity index (χ0v) is 13.5. The van der Waals surface area contributed by atoms with Gasteiger partial charge in [-0.2, -0.15) is 0 Å². The van der Waals surface area contributed by atoms with Crippen molar-refractivity contribution in [1.82, 2.24) is 4.98 Å². The Morgan fingerprint density at radius 2 is 1.71 bits per heavy atom. The Morgan fingerprint density at radius 1 is 0.958 bits per heavy atom. The highest BCUT2D eigenvalue weighted by Gasteiger charge is 2.05. The average molecular weight is 317 g/mol. The topological polar surface area (TPSA) is 54.0 Å². The van der Waals surface area contributed by atoms with E-state index in [9.17, 15) is 4.79 Å². The number of aryl methyl sites for hydroxylation is 1. The Bertz CT molecular complexity index is 814. The van der Waals surface area contributed by atoms with Crippen LogP contribution in [0.5, 0.6) is 0 Å². The summed E-state index contributed by atoms with van der Waals surface area (Å²) in [6.07, 6.45) is 1.72. The van der Waals surface area contributed by atoms with Gasteiger partial charge in [-0.1, -0.05) is 42.5 Å². The van der Waals surface area contributed by atoms with Gasteiger partial charge in [-0.05, 0) is 42.3 Å². The maximum atomic E-state index is 12.1. The molecule has 3 aromatic rings. The molecule has 120 valence electrons. The normalized spacial score (nSPS) is 10.2. The summed E-state index contributed by atoms with van der Waals surface area (Å²) in [6, 6.07) is 21.1. The molecule has 1 heterocycles. The van der Waals surface area contributed by atoms with E-state index in [-0.39, 0.29) is 5.91 Å². The van der Waals surface area contributed by atoms with Crippen LogP contribution in [0.4, 0.5) is 11.5 Å². The zero-order chi connectivity index (χ0) is 16.8. The number of carbonyl (C=O) groups excluding carboxylic acids is 1. The van der Waals surface area contributed by atoms with Crippen molar-refractivity contribution in [3.05, 3.63) is 89.6 Å². The van der Waals surface area contributed by atoms with E-state index in [1.54, 1.807) is 24.4 Å². The molecule has 3 rings (SSSR count). The highest BCUT2D eigenvalue weighted by molar-refractivity contribution is 6.03. The van der Waals surface area contributed by atoms with Crippen LogP contribution in [0.1, 0.15) is 21.5 Å². The number of nitrogens with zero attached hydrogens (tertiary/aromatic N) is 1. The number of nitrogens with one attached hydrogen (secondary N) is 2. The van der Waals surface area contributed by atoms with Crippen LogP contribution in [0.25, 0.3) is 0 Å². The first-order chi connectivity index (χ1) is 11.7. The standard InChI is InChI=1S/C20H19N3O/c1-15-7-5-6-10-17(15)13-21-18-11-12-19(22-14-18)23-20(24)16-8-3-2-4-9-16/h2-12,14,21H,13H2,1H3,(H,22,23,24). The summed E-state index contributed by atoms with van der Waals surface area (Å²) in [5.41, 5.74) is 4.03. The van der Waals surface area contributed by atoms with Crippen LogP contribution in [0.15, 0.2) is 72.9 Å². The molecule has 1 aromatic heterocycles. The number of anilines is 2. The van der Waals surface area contributed by atoms with Gasteiger partial charge in [0.15, 0.2) is 0 Å². The fourth-order valence-electron chi connectivity index (χ4n) is 2.36. The van der Waals surface area contributed by atoms with E-state index in [4.69, 9.17) is 0 Å². The molecule has 0 fully saturated rings. The third-order valence-corrected chi connectivity index (χ3v) is 3.79. The maximum Gasteiger partial charge on any atom is 0.256 e. The molecule has 0 unspecified atom stereocenters. The van der Waals surface area contributed by atoms with Crippen molar-refractivity contribution in [3.63, 3.8) is 0 Å². The van der Waals surface area contributed by atoms with Crippen molar-refractivity contribution in [2.24, 2.45) is 0 Å². The number of hydrogen-bond donors (Lipinski definition) is 2. The van der Waals surface area contributed by atoms with Gasteiger partial charge in [-0.3, -0.25) is 4.79 Å². The van der Waals surface area contributed by atoms with Gasteiger partial charge >= 0.3 is 0 Å². The van der Waals surface area contributed by atoms with Gasteiger partial charge < -0.3 is 10.6 Å². The second-order valence-corrected chi connectivity index (χ2v) is 5.53. The van der Waals surface area contributed by atoms with Crippen molar-refractivity contribution < 1.29 is 4.79 Å². The van der Waals surface area contributed by atoms with Crippen LogP contribution < -0.4 is 10.6 Å². The Morgan fingerprint density at radius 3 is 2.42 bits per heavy atom. The van der Waals surface area contributed by atoms with Crippen LogP contribution in [0.3, 0.4) is 0 Å². The molecule has 0 bridgehead atoms. The highest BCUT2D eigenvalue weighted by atomic mass is 16.1. The predicted molar refractivity (Wildman–Crippen MR) is 97.1 cm³/mol. The van der Waals surface area contributed by atoms with E-state index in [2.05, 4.69) is 34.7 Å². The summed E-state index contributed by atoms with van der Waals surface area (Å²) in [5, 5.41) is 6.13. The van der Waals surface area contributed by atoms with Gasteiger partial charge in [0.25, 0.3) is 5.91 Å². The smallest absolute Gasteiger partial charge is 0.256 e. The lowest BCUT2D eigenvalue weighted by Crippen LogP contribution is -2.12. The lowest BCUT2D eigenvalue weighted by Gasteiger charge is -2.09. The highest BCUT2D eigenvalue weighted by Crippen LogP contribution is 2.14. The van der Waals surface area contributed by atoms with E-state index in [0.29, 0.717) is 11.4 Å². The summed E-state index contributed by atoms with van der Waals surface area (Å²) < 4.78 is 0. The molecule has 24 heavy (non-hydrogen) atoms. The molecule has 1 amide bonds. The maximum absolute atomic E-state index is 12.1. The molecule has 4 nitrogen and oxygen atoms in total. The number of pyridine rings is 1. The molecule has 0 radical (unpaired) electrons. The summed E-state index contributed by atoms with van der Waals surface area (Å²) in [5.74, 6) is 0.369. The molecule has 2 N–H and O–H groups in total. The quantitative estimate of drug-likeness (QED) is 0.739.